The highest BCUT2D eigenvalue weighted by atomic mass is 32.2. The number of carbonyl (C=O) groups is 1. The topological polar surface area (TPSA) is 87.5 Å². The van der Waals surface area contributed by atoms with Crippen LogP contribution in [0.15, 0.2) is 53.7 Å². The predicted molar refractivity (Wildman–Crippen MR) is 116 cm³/mol. The fraction of sp³-hybridized carbons (Fsp3) is 0.333. The number of urea groups is 1. The van der Waals surface area contributed by atoms with Crippen molar-refractivity contribution in [2.45, 2.75) is 18.4 Å². The summed E-state index contributed by atoms with van der Waals surface area (Å²) in [5.74, 6) is 0.638. The molecule has 2 heterocycles. The van der Waals surface area contributed by atoms with Crippen LogP contribution in [0.1, 0.15) is 12.2 Å². The summed E-state index contributed by atoms with van der Waals surface area (Å²) in [7, 11) is -1.91. The average molecular weight is 428 g/mol. The first-order valence-electron chi connectivity index (χ1n) is 9.90. The van der Waals surface area contributed by atoms with E-state index in [-0.39, 0.29) is 17.6 Å². The van der Waals surface area contributed by atoms with E-state index in [0.717, 1.165) is 16.5 Å². The van der Waals surface area contributed by atoms with Gasteiger partial charge in [-0.3, -0.25) is 0 Å². The van der Waals surface area contributed by atoms with Crippen molar-refractivity contribution < 1.29 is 13.2 Å². The van der Waals surface area contributed by atoms with Gasteiger partial charge in [0.1, 0.15) is 5.82 Å². The van der Waals surface area contributed by atoms with E-state index in [9.17, 15) is 13.2 Å². The minimum Gasteiger partial charge on any atom is -0.337 e. The number of imidazole rings is 1. The molecule has 158 valence electrons. The van der Waals surface area contributed by atoms with E-state index in [2.05, 4.69) is 10.3 Å². The lowest BCUT2D eigenvalue weighted by molar-refractivity contribution is 0.214. The summed E-state index contributed by atoms with van der Waals surface area (Å²) >= 11 is 0. The molecule has 0 aliphatic carbocycles. The molecule has 1 aliphatic rings. The van der Waals surface area contributed by atoms with Crippen molar-refractivity contribution >= 4 is 32.5 Å². The number of nitrogens with zero attached hydrogens (tertiary/aromatic N) is 4. The Morgan fingerprint density at radius 2 is 1.80 bits per heavy atom. The normalized spacial score (nSPS) is 15.9. The molecule has 0 radical (unpaired) electrons. The van der Waals surface area contributed by atoms with Crippen molar-refractivity contribution in [2.24, 2.45) is 7.05 Å². The Bertz CT molecular complexity index is 1160. The molecule has 0 atom stereocenters. The SMILES string of the molecule is Cc1nc(S(=O)(=O)N2CCCN(C(=O)Nc3cccc4ccccc34)CC2)cn1C. The first-order chi connectivity index (χ1) is 14.4. The maximum atomic E-state index is 13.0. The van der Waals surface area contributed by atoms with E-state index >= 15 is 0 Å². The van der Waals surface area contributed by atoms with Crippen molar-refractivity contribution in [3.63, 3.8) is 0 Å². The number of amides is 2. The summed E-state index contributed by atoms with van der Waals surface area (Å²) in [6.07, 6.45) is 2.09. The van der Waals surface area contributed by atoms with Gasteiger partial charge in [0.2, 0.25) is 0 Å². The van der Waals surface area contributed by atoms with E-state index < -0.39 is 10.0 Å². The third-order valence-electron chi connectivity index (χ3n) is 5.46. The van der Waals surface area contributed by atoms with Crippen molar-refractivity contribution in [1.82, 2.24) is 18.8 Å². The number of anilines is 1. The highest BCUT2D eigenvalue weighted by molar-refractivity contribution is 7.89. The zero-order chi connectivity index (χ0) is 21.3. The molecule has 8 nitrogen and oxygen atoms in total. The predicted octanol–water partition coefficient (Wildman–Crippen LogP) is 2.81. The second kappa shape index (κ2) is 8.08. The third-order valence-corrected chi connectivity index (χ3v) is 7.23. The van der Waals surface area contributed by atoms with Crippen LogP contribution in [-0.4, -0.2) is 59.4 Å². The van der Waals surface area contributed by atoms with Crippen LogP contribution in [0, 0.1) is 6.92 Å². The van der Waals surface area contributed by atoms with Crippen LogP contribution in [0.4, 0.5) is 10.5 Å². The van der Waals surface area contributed by atoms with Gasteiger partial charge in [0.25, 0.3) is 10.0 Å². The van der Waals surface area contributed by atoms with Crippen LogP contribution in [0.3, 0.4) is 0 Å². The number of hydrogen-bond acceptors (Lipinski definition) is 4. The number of aryl methyl sites for hydroxylation is 2. The van der Waals surface area contributed by atoms with Crippen LogP contribution in [0.25, 0.3) is 10.8 Å². The van der Waals surface area contributed by atoms with E-state index in [1.165, 1.54) is 10.5 Å². The largest absolute Gasteiger partial charge is 0.337 e. The molecule has 9 heteroatoms. The number of nitrogens with one attached hydrogen (secondary N) is 1. The molecule has 30 heavy (non-hydrogen) atoms. The van der Waals surface area contributed by atoms with Gasteiger partial charge in [-0.25, -0.2) is 18.2 Å². The van der Waals surface area contributed by atoms with Gasteiger partial charge in [-0.2, -0.15) is 4.31 Å². The van der Waals surface area contributed by atoms with E-state index in [4.69, 9.17) is 0 Å². The molecule has 1 aromatic heterocycles. The van der Waals surface area contributed by atoms with Gasteiger partial charge in [-0.1, -0.05) is 36.4 Å². The zero-order valence-electron chi connectivity index (χ0n) is 17.1. The number of fused-ring (bicyclic) bond motifs is 1. The van der Waals surface area contributed by atoms with Gasteiger partial charge < -0.3 is 14.8 Å². The van der Waals surface area contributed by atoms with Crippen LogP contribution in [0.2, 0.25) is 0 Å². The fourth-order valence-electron chi connectivity index (χ4n) is 3.65. The molecule has 1 N–H and O–H groups in total. The number of benzene rings is 2. The van der Waals surface area contributed by atoms with Crippen LogP contribution in [-0.2, 0) is 17.1 Å². The Kier molecular flexibility index (Phi) is 5.48. The lowest BCUT2D eigenvalue weighted by Gasteiger charge is -2.22. The lowest BCUT2D eigenvalue weighted by atomic mass is 10.1. The molecular weight excluding hydrogens is 402 g/mol. The molecule has 0 spiro atoms. The monoisotopic (exact) mass is 427 g/mol. The van der Waals surface area contributed by atoms with E-state index in [1.807, 2.05) is 42.5 Å². The Morgan fingerprint density at radius 3 is 2.57 bits per heavy atom. The molecule has 4 rings (SSSR count). The average Bonchev–Trinajstić information content (AvgIpc) is 2.94. The van der Waals surface area contributed by atoms with Gasteiger partial charge in [0.15, 0.2) is 5.03 Å². The molecular formula is C21H25N5O3S. The molecule has 1 fully saturated rings. The summed E-state index contributed by atoms with van der Waals surface area (Å²) < 4.78 is 29.0. The first kappa shape index (κ1) is 20.4. The number of carbonyl (C=O) groups excluding carboxylic acids is 1. The summed E-state index contributed by atoms with van der Waals surface area (Å²) in [6, 6.07) is 13.4. The van der Waals surface area contributed by atoms with E-state index in [1.54, 1.807) is 23.4 Å². The minimum atomic E-state index is -3.68. The zero-order valence-corrected chi connectivity index (χ0v) is 17.9. The molecule has 0 unspecified atom stereocenters. The summed E-state index contributed by atoms with van der Waals surface area (Å²) in [5.41, 5.74) is 0.746. The number of sulfonamides is 1. The van der Waals surface area contributed by atoms with Gasteiger partial charge in [-0.15, -0.1) is 0 Å². The maximum Gasteiger partial charge on any atom is 0.321 e. The smallest absolute Gasteiger partial charge is 0.321 e. The Hall–Kier alpha value is -2.91. The van der Waals surface area contributed by atoms with Gasteiger partial charge in [0, 0.05) is 44.8 Å². The third kappa shape index (κ3) is 3.90. The number of rotatable bonds is 3. The first-order valence-corrected chi connectivity index (χ1v) is 11.3. The van der Waals surface area contributed by atoms with Gasteiger partial charge in [0.05, 0.1) is 5.69 Å². The fourth-order valence-corrected chi connectivity index (χ4v) is 5.14. The summed E-state index contributed by atoms with van der Waals surface area (Å²) in [6.45, 7) is 3.17. The molecule has 0 bridgehead atoms. The second-order valence-electron chi connectivity index (χ2n) is 7.44. The van der Waals surface area contributed by atoms with Gasteiger partial charge in [-0.05, 0) is 24.8 Å². The Morgan fingerprint density at radius 1 is 1.03 bits per heavy atom. The van der Waals surface area contributed by atoms with Gasteiger partial charge >= 0.3 is 6.03 Å². The highest BCUT2D eigenvalue weighted by Gasteiger charge is 2.30. The molecule has 2 aromatic carbocycles. The minimum absolute atomic E-state index is 0.0520. The molecule has 1 saturated heterocycles. The molecule has 1 aliphatic heterocycles. The molecule has 0 saturated carbocycles. The maximum absolute atomic E-state index is 13.0. The molecule has 3 aromatic rings. The number of hydrogen-bond donors (Lipinski definition) is 1. The summed E-state index contributed by atoms with van der Waals surface area (Å²) in [5, 5.41) is 5.05. The van der Waals surface area contributed by atoms with Crippen molar-refractivity contribution in [2.75, 3.05) is 31.5 Å². The molecule has 2 amide bonds. The Balaban J connectivity index is 1.47. The summed E-state index contributed by atoms with van der Waals surface area (Å²) in [4.78, 5) is 18.7. The van der Waals surface area contributed by atoms with Crippen LogP contribution < -0.4 is 5.32 Å². The van der Waals surface area contributed by atoms with Crippen molar-refractivity contribution in [1.29, 1.82) is 0 Å². The number of aromatic nitrogens is 2. The van der Waals surface area contributed by atoms with Crippen LogP contribution >= 0.6 is 0 Å². The lowest BCUT2D eigenvalue weighted by Crippen LogP contribution is -2.39. The second-order valence-corrected chi connectivity index (χ2v) is 9.32. The van der Waals surface area contributed by atoms with Crippen molar-refractivity contribution in [3.8, 4) is 0 Å². The Labute approximate surface area is 176 Å². The standard InChI is InChI=1S/C21H25N5O3S/c1-16-22-20(15-24(16)2)30(28,29)26-12-6-11-25(13-14-26)21(27)23-19-10-5-8-17-7-3-4-9-18(17)19/h3-5,7-10,15H,6,11-14H2,1-2H3,(H,23,27). The van der Waals surface area contributed by atoms with Crippen molar-refractivity contribution in [3.05, 3.63) is 54.5 Å². The van der Waals surface area contributed by atoms with Crippen LogP contribution in [0.5, 0.6) is 0 Å². The highest BCUT2D eigenvalue weighted by Crippen LogP contribution is 2.24. The van der Waals surface area contributed by atoms with E-state index in [0.29, 0.717) is 31.9 Å². The quantitative estimate of drug-likeness (QED) is 0.696.